The number of esters is 4. The lowest BCUT2D eigenvalue weighted by Gasteiger charge is -2.44. The SMILES string of the molecule is CC(=O)OC[C@H]1O[C@@H](Oc2ccc3c4c(c(=O)oc3c2C)CCCCC4)[C@H](OC(C)=O)[C@@H](OC(C)=O)[C@@H]1OC(C)=O. The van der Waals surface area contributed by atoms with Crippen LogP contribution in [0.5, 0.6) is 5.75 Å². The predicted octanol–water partition coefficient (Wildman–Crippen LogP) is 2.83. The summed E-state index contributed by atoms with van der Waals surface area (Å²) in [6.45, 7) is 5.96. The summed E-state index contributed by atoms with van der Waals surface area (Å²) in [4.78, 5) is 60.6. The molecule has 222 valence electrons. The lowest BCUT2D eigenvalue weighted by molar-refractivity contribution is -0.288. The summed E-state index contributed by atoms with van der Waals surface area (Å²) in [5.74, 6) is -2.61. The Morgan fingerprint density at radius 2 is 1.41 bits per heavy atom. The van der Waals surface area contributed by atoms with E-state index in [1.807, 2.05) is 0 Å². The number of ether oxygens (including phenoxy) is 6. The highest BCUT2D eigenvalue weighted by molar-refractivity contribution is 5.86. The molecule has 12 nitrogen and oxygen atoms in total. The molecule has 2 heterocycles. The third-order valence-electron chi connectivity index (χ3n) is 7.03. The van der Waals surface area contributed by atoms with E-state index in [0.717, 1.165) is 57.4 Å². The third-order valence-corrected chi connectivity index (χ3v) is 7.03. The molecule has 1 fully saturated rings. The zero-order chi connectivity index (χ0) is 29.8. The Morgan fingerprint density at radius 1 is 0.805 bits per heavy atom. The van der Waals surface area contributed by atoms with E-state index < -0.39 is 54.6 Å². The van der Waals surface area contributed by atoms with Gasteiger partial charge < -0.3 is 32.8 Å². The molecule has 0 bridgehead atoms. The average molecular weight is 575 g/mol. The molecule has 12 heteroatoms. The first-order valence-corrected chi connectivity index (χ1v) is 13.5. The predicted molar refractivity (Wildman–Crippen MR) is 141 cm³/mol. The molecule has 1 saturated heterocycles. The highest BCUT2D eigenvalue weighted by Crippen LogP contribution is 2.35. The second-order valence-electron chi connectivity index (χ2n) is 10.2. The van der Waals surface area contributed by atoms with Crippen molar-refractivity contribution in [2.24, 2.45) is 0 Å². The van der Waals surface area contributed by atoms with E-state index in [-0.39, 0.29) is 18.0 Å². The minimum atomic E-state index is -1.40. The molecule has 2 aliphatic rings. The van der Waals surface area contributed by atoms with Crippen LogP contribution in [0.25, 0.3) is 11.0 Å². The molecule has 1 aromatic carbocycles. The van der Waals surface area contributed by atoms with Gasteiger partial charge in [-0.15, -0.1) is 0 Å². The Hall–Kier alpha value is -3.93. The van der Waals surface area contributed by atoms with Gasteiger partial charge in [-0.05, 0) is 50.3 Å². The lowest BCUT2D eigenvalue weighted by Crippen LogP contribution is -2.63. The number of hydrogen-bond acceptors (Lipinski definition) is 12. The Morgan fingerprint density at radius 3 is 2.05 bits per heavy atom. The monoisotopic (exact) mass is 574 g/mol. The van der Waals surface area contributed by atoms with Crippen molar-refractivity contribution in [3.8, 4) is 5.75 Å². The fourth-order valence-electron chi connectivity index (χ4n) is 5.34. The first kappa shape index (κ1) is 30.0. The normalized spacial score (nSPS) is 24.0. The molecule has 1 aromatic heterocycles. The summed E-state index contributed by atoms with van der Waals surface area (Å²) in [6, 6.07) is 3.49. The van der Waals surface area contributed by atoms with Gasteiger partial charge in [-0.2, -0.15) is 0 Å². The average Bonchev–Trinajstić information content (AvgIpc) is 3.14. The summed E-state index contributed by atoms with van der Waals surface area (Å²) in [7, 11) is 0. The van der Waals surface area contributed by atoms with Gasteiger partial charge in [0, 0.05) is 44.2 Å². The van der Waals surface area contributed by atoms with E-state index in [2.05, 4.69) is 0 Å². The van der Waals surface area contributed by atoms with Crippen molar-refractivity contribution < 1.29 is 52.0 Å². The summed E-state index contributed by atoms with van der Waals surface area (Å²) in [5.41, 5.74) is 2.14. The lowest BCUT2D eigenvalue weighted by atomic mass is 9.97. The molecule has 0 N–H and O–H groups in total. The number of carbonyl (C=O) groups is 4. The first-order chi connectivity index (χ1) is 19.5. The smallest absolute Gasteiger partial charge is 0.339 e. The number of aryl methyl sites for hydroxylation is 2. The molecule has 1 aliphatic carbocycles. The molecule has 0 spiro atoms. The van der Waals surface area contributed by atoms with Crippen molar-refractivity contribution in [1.82, 2.24) is 0 Å². The first-order valence-electron chi connectivity index (χ1n) is 13.5. The van der Waals surface area contributed by atoms with Crippen molar-refractivity contribution in [3.05, 3.63) is 39.2 Å². The molecule has 41 heavy (non-hydrogen) atoms. The Bertz CT molecular complexity index is 1390. The van der Waals surface area contributed by atoms with Gasteiger partial charge in [0.15, 0.2) is 12.2 Å². The molecule has 2 aromatic rings. The molecule has 4 rings (SSSR count). The van der Waals surface area contributed by atoms with Gasteiger partial charge in [0.1, 0.15) is 24.0 Å². The van der Waals surface area contributed by atoms with Gasteiger partial charge in [0.05, 0.1) is 0 Å². The summed E-state index contributed by atoms with van der Waals surface area (Å²) in [6.07, 6.45) is -2.27. The Labute approximate surface area is 236 Å². The van der Waals surface area contributed by atoms with Gasteiger partial charge in [0.2, 0.25) is 12.4 Å². The largest absolute Gasteiger partial charge is 0.463 e. The molecule has 0 amide bonds. The maximum atomic E-state index is 12.9. The zero-order valence-corrected chi connectivity index (χ0v) is 23.7. The highest BCUT2D eigenvalue weighted by Gasteiger charge is 2.53. The van der Waals surface area contributed by atoms with Gasteiger partial charge in [0.25, 0.3) is 0 Å². The molecule has 1 aliphatic heterocycles. The molecular weight excluding hydrogens is 540 g/mol. The van der Waals surface area contributed by atoms with Crippen LogP contribution in [0.1, 0.15) is 63.6 Å². The van der Waals surface area contributed by atoms with Crippen LogP contribution < -0.4 is 10.4 Å². The van der Waals surface area contributed by atoms with Gasteiger partial charge in [-0.25, -0.2) is 4.79 Å². The second-order valence-corrected chi connectivity index (χ2v) is 10.2. The second kappa shape index (κ2) is 12.7. The Balaban J connectivity index is 1.76. The fraction of sp³-hybridized carbons (Fsp3) is 0.552. The van der Waals surface area contributed by atoms with E-state index in [4.69, 9.17) is 32.8 Å². The highest BCUT2D eigenvalue weighted by atomic mass is 16.7. The summed E-state index contributed by atoms with van der Waals surface area (Å²) in [5, 5.41) is 0.813. The number of fused-ring (bicyclic) bond motifs is 3. The van der Waals surface area contributed by atoms with E-state index in [1.165, 1.54) is 6.92 Å². The fourth-order valence-corrected chi connectivity index (χ4v) is 5.34. The van der Waals surface area contributed by atoms with E-state index >= 15 is 0 Å². The van der Waals surface area contributed by atoms with Crippen LogP contribution >= 0.6 is 0 Å². The van der Waals surface area contributed by atoms with Crippen LogP contribution in [0.3, 0.4) is 0 Å². The maximum absolute atomic E-state index is 12.9. The molecule has 0 unspecified atom stereocenters. The van der Waals surface area contributed by atoms with E-state index in [0.29, 0.717) is 23.1 Å². The van der Waals surface area contributed by atoms with Gasteiger partial charge in [-0.1, -0.05) is 6.42 Å². The van der Waals surface area contributed by atoms with Gasteiger partial charge in [-0.3, -0.25) is 19.2 Å². The van der Waals surface area contributed by atoms with Gasteiger partial charge >= 0.3 is 29.5 Å². The van der Waals surface area contributed by atoms with Crippen molar-refractivity contribution in [2.75, 3.05) is 6.61 Å². The number of carbonyl (C=O) groups excluding carboxylic acids is 4. The molecule has 0 radical (unpaired) electrons. The standard InChI is InChI=1S/C29H34O12/c1-14-22(12-11-20-19-9-7-6-8-10-21(19)28(34)41-24(14)20)39-29-27(38-18(5)33)26(37-17(4)32)25(36-16(3)31)23(40-29)13-35-15(2)30/h11-12,23,25-27,29H,6-10,13H2,1-5H3/t23-,25-,26+,27-,29-/m1/s1. The maximum Gasteiger partial charge on any atom is 0.339 e. The molecule has 5 atom stereocenters. The van der Waals surface area contributed by atoms with E-state index in [9.17, 15) is 24.0 Å². The van der Waals surface area contributed by atoms with Crippen LogP contribution in [0, 0.1) is 6.92 Å². The number of rotatable bonds is 7. The number of hydrogen-bond donors (Lipinski definition) is 0. The van der Waals surface area contributed by atoms with Crippen LogP contribution in [0.2, 0.25) is 0 Å². The van der Waals surface area contributed by atoms with Crippen LogP contribution in [0.4, 0.5) is 0 Å². The minimum Gasteiger partial charge on any atom is -0.463 e. The minimum absolute atomic E-state index is 0.245. The van der Waals surface area contributed by atoms with Crippen LogP contribution in [0.15, 0.2) is 21.3 Å². The van der Waals surface area contributed by atoms with Crippen molar-refractivity contribution in [3.63, 3.8) is 0 Å². The molecular formula is C29H34O12. The Kier molecular flexibility index (Phi) is 9.31. The van der Waals surface area contributed by atoms with Crippen molar-refractivity contribution in [1.29, 1.82) is 0 Å². The zero-order valence-electron chi connectivity index (χ0n) is 23.7. The third kappa shape index (κ3) is 6.87. The number of benzene rings is 1. The topological polar surface area (TPSA) is 154 Å². The van der Waals surface area contributed by atoms with Crippen LogP contribution in [-0.2, 0) is 55.7 Å². The summed E-state index contributed by atoms with van der Waals surface area (Å²) >= 11 is 0. The summed E-state index contributed by atoms with van der Waals surface area (Å²) < 4.78 is 39.4. The van der Waals surface area contributed by atoms with E-state index in [1.54, 1.807) is 19.1 Å². The molecule has 0 saturated carbocycles. The van der Waals surface area contributed by atoms with Crippen molar-refractivity contribution >= 4 is 34.8 Å². The van der Waals surface area contributed by atoms with Crippen LogP contribution in [-0.4, -0.2) is 61.2 Å². The quantitative estimate of drug-likeness (QED) is 0.207. The van der Waals surface area contributed by atoms with Crippen molar-refractivity contribution in [2.45, 2.75) is 97.4 Å².